The highest BCUT2D eigenvalue weighted by molar-refractivity contribution is 5.86. The van der Waals surface area contributed by atoms with Gasteiger partial charge < -0.3 is 4.74 Å². The first-order valence-electron chi connectivity index (χ1n) is 5.95. The number of nitrogens with one attached hydrogen (secondary N) is 1. The number of hydrogen-bond donors (Lipinski definition) is 1. The van der Waals surface area contributed by atoms with Gasteiger partial charge in [-0.2, -0.15) is 13.2 Å². The molecule has 0 fully saturated rings. The van der Waals surface area contributed by atoms with Crippen LogP contribution >= 0.6 is 0 Å². The van der Waals surface area contributed by atoms with Crippen LogP contribution in [0.5, 0.6) is 0 Å². The molecule has 0 radical (unpaired) electrons. The number of halogens is 3. The van der Waals surface area contributed by atoms with Gasteiger partial charge in [0.25, 0.3) is 0 Å². The number of nitrogens with zero attached hydrogens (tertiary/aromatic N) is 1. The summed E-state index contributed by atoms with van der Waals surface area (Å²) in [5.74, 6) is 0. The molecule has 20 heavy (non-hydrogen) atoms. The van der Waals surface area contributed by atoms with E-state index in [4.69, 9.17) is 4.74 Å². The summed E-state index contributed by atoms with van der Waals surface area (Å²) >= 11 is 0. The van der Waals surface area contributed by atoms with E-state index < -0.39 is 23.6 Å². The number of rotatable bonds is 1. The van der Waals surface area contributed by atoms with E-state index in [9.17, 15) is 18.0 Å². The highest BCUT2D eigenvalue weighted by Crippen LogP contribution is 2.33. The fourth-order valence-electron chi connectivity index (χ4n) is 1.53. The van der Waals surface area contributed by atoms with Gasteiger partial charge in [0, 0.05) is 0 Å². The predicted octanol–water partition coefficient (Wildman–Crippen LogP) is 4.06. The topological polar surface area (TPSA) is 51.2 Å². The third kappa shape index (κ3) is 4.11. The third-order valence-electron chi connectivity index (χ3n) is 2.55. The molecule has 0 aromatic carbocycles. The molecule has 1 rings (SSSR count). The maximum absolute atomic E-state index is 12.7. The van der Waals surface area contributed by atoms with Gasteiger partial charge in [-0.05, 0) is 45.7 Å². The first kappa shape index (κ1) is 16.3. The summed E-state index contributed by atoms with van der Waals surface area (Å²) in [4.78, 5) is 15.0. The van der Waals surface area contributed by atoms with Gasteiger partial charge in [0.2, 0.25) is 0 Å². The summed E-state index contributed by atoms with van der Waals surface area (Å²) in [6.07, 6.45) is -4.27. The molecule has 1 heterocycles. The van der Waals surface area contributed by atoms with Crippen molar-refractivity contribution in [3.8, 4) is 0 Å². The van der Waals surface area contributed by atoms with Crippen molar-refractivity contribution in [2.45, 2.75) is 46.4 Å². The lowest BCUT2D eigenvalue weighted by Crippen LogP contribution is -2.27. The van der Waals surface area contributed by atoms with Gasteiger partial charge in [-0.15, -0.1) is 0 Å². The average molecular weight is 290 g/mol. The quantitative estimate of drug-likeness (QED) is 0.848. The van der Waals surface area contributed by atoms with E-state index in [1.54, 1.807) is 20.8 Å². The first-order chi connectivity index (χ1) is 8.92. The zero-order valence-corrected chi connectivity index (χ0v) is 12.0. The normalized spacial score (nSPS) is 12.2. The average Bonchev–Trinajstić information content (AvgIpc) is 2.20. The minimum absolute atomic E-state index is 0.0222. The number of alkyl halides is 3. The maximum atomic E-state index is 12.7. The summed E-state index contributed by atoms with van der Waals surface area (Å²) in [6, 6.07) is 0. The van der Waals surface area contributed by atoms with Gasteiger partial charge in [0.15, 0.2) is 0 Å². The van der Waals surface area contributed by atoms with Crippen molar-refractivity contribution in [1.29, 1.82) is 0 Å². The summed E-state index contributed by atoms with van der Waals surface area (Å²) < 4.78 is 43.0. The predicted molar refractivity (Wildman–Crippen MR) is 68.6 cm³/mol. The largest absolute Gasteiger partial charge is 0.444 e. The molecule has 1 aromatic heterocycles. The number of anilines is 1. The molecule has 0 aliphatic rings. The van der Waals surface area contributed by atoms with Crippen molar-refractivity contribution in [3.05, 3.63) is 23.0 Å². The Morgan fingerprint density at radius 2 is 1.75 bits per heavy atom. The monoisotopic (exact) mass is 290 g/mol. The van der Waals surface area contributed by atoms with Gasteiger partial charge in [-0.3, -0.25) is 5.32 Å². The molecule has 1 N–H and O–H groups in total. The summed E-state index contributed by atoms with van der Waals surface area (Å²) in [5, 5.41) is 2.40. The zero-order chi connectivity index (χ0) is 15.7. The molecule has 7 heteroatoms. The second-order valence-corrected chi connectivity index (χ2v) is 5.40. The highest BCUT2D eigenvalue weighted by Gasteiger charge is 2.35. The molecule has 0 aliphatic carbocycles. The minimum Gasteiger partial charge on any atom is -0.444 e. The van der Waals surface area contributed by atoms with Crippen LogP contribution in [0.25, 0.3) is 0 Å². The van der Waals surface area contributed by atoms with Crippen LogP contribution in [0.2, 0.25) is 0 Å². The standard InChI is InChI=1S/C13H17F3N2O2/c1-7-8(2)10(13(14,15)16)17-6-9(7)18-11(19)20-12(3,4)5/h6H,1-5H3,(H,18,19). The Morgan fingerprint density at radius 1 is 1.20 bits per heavy atom. The van der Waals surface area contributed by atoms with E-state index >= 15 is 0 Å². The second kappa shape index (κ2) is 5.30. The summed E-state index contributed by atoms with van der Waals surface area (Å²) in [5.41, 5.74) is -1.16. The first-order valence-corrected chi connectivity index (χ1v) is 5.95. The number of carbonyl (C=O) groups excluding carboxylic acids is 1. The Morgan fingerprint density at radius 3 is 2.20 bits per heavy atom. The second-order valence-electron chi connectivity index (χ2n) is 5.40. The molecule has 1 amide bonds. The molecule has 1 aromatic rings. The minimum atomic E-state index is -4.51. The van der Waals surface area contributed by atoms with Crippen LogP contribution in [0.1, 0.15) is 37.6 Å². The van der Waals surface area contributed by atoms with E-state index in [-0.39, 0.29) is 11.3 Å². The number of hydrogen-bond acceptors (Lipinski definition) is 3. The Hall–Kier alpha value is -1.79. The van der Waals surface area contributed by atoms with E-state index in [0.717, 1.165) is 6.20 Å². The van der Waals surface area contributed by atoms with Gasteiger partial charge in [0.1, 0.15) is 11.3 Å². The number of pyridine rings is 1. The van der Waals surface area contributed by atoms with E-state index in [1.807, 2.05) is 0 Å². The van der Waals surface area contributed by atoms with Crippen LogP contribution in [-0.4, -0.2) is 16.7 Å². The molecule has 0 spiro atoms. The van der Waals surface area contributed by atoms with Gasteiger partial charge in [-0.1, -0.05) is 0 Å². The molecule has 0 saturated carbocycles. The molecule has 0 bridgehead atoms. The Labute approximate surface area is 115 Å². The van der Waals surface area contributed by atoms with Crippen molar-refractivity contribution in [2.24, 2.45) is 0 Å². The van der Waals surface area contributed by atoms with Gasteiger partial charge >= 0.3 is 12.3 Å². The third-order valence-corrected chi connectivity index (χ3v) is 2.55. The van der Waals surface area contributed by atoms with Gasteiger partial charge in [-0.25, -0.2) is 9.78 Å². The number of carbonyl (C=O) groups is 1. The number of amides is 1. The van der Waals surface area contributed by atoms with Gasteiger partial charge in [0.05, 0.1) is 11.9 Å². The van der Waals surface area contributed by atoms with E-state index in [1.165, 1.54) is 13.8 Å². The molecule has 0 unspecified atom stereocenters. The summed E-state index contributed by atoms with van der Waals surface area (Å²) in [7, 11) is 0. The van der Waals surface area contributed by atoms with Crippen LogP contribution in [0.4, 0.5) is 23.7 Å². The maximum Gasteiger partial charge on any atom is 0.433 e. The zero-order valence-electron chi connectivity index (χ0n) is 12.0. The molecule has 4 nitrogen and oxygen atoms in total. The lowest BCUT2D eigenvalue weighted by Gasteiger charge is -2.20. The Balaban J connectivity index is 3.00. The smallest absolute Gasteiger partial charge is 0.433 e. The molecular weight excluding hydrogens is 273 g/mol. The van der Waals surface area contributed by atoms with Crippen molar-refractivity contribution in [2.75, 3.05) is 5.32 Å². The van der Waals surface area contributed by atoms with Crippen LogP contribution in [0.15, 0.2) is 6.20 Å². The molecule has 112 valence electrons. The molecule has 0 saturated heterocycles. The van der Waals surface area contributed by atoms with Crippen molar-refractivity contribution in [1.82, 2.24) is 4.98 Å². The number of aromatic nitrogens is 1. The van der Waals surface area contributed by atoms with Crippen LogP contribution in [0, 0.1) is 13.8 Å². The van der Waals surface area contributed by atoms with Crippen molar-refractivity contribution < 1.29 is 22.7 Å². The SMILES string of the molecule is Cc1c(NC(=O)OC(C)(C)C)cnc(C(F)(F)F)c1C. The van der Waals surface area contributed by atoms with Crippen LogP contribution in [0.3, 0.4) is 0 Å². The van der Waals surface area contributed by atoms with Crippen molar-refractivity contribution >= 4 is 11.8 Å². The molecule has 0 atom stereocenters. The molecular formula is C13H17F3N2O2. The lowest BCUT2D eigenvalue weighted by molar-refractivity contribution is -0.141. The summed E-state index contributed by atoms with van der Waals surface area (Å²) in [6.45, 7) is 7.87. The fourth-order valence-corrected chi connectivity index (χ4v) is 1.53. The Bertz CT molecular complexity index is 520. The van der Waals surface area contributed by atoms with E-state index in [2.05, 4.69) is 10.3 Å². The fraction of sp³-hybridized carbons (Fsp3) is 0.538. The highest BCUT2D eigenvalue weighted by atomic mass is 19.4. The lowest BCUT2D eigenvalue weighted by atomic mass is 10.1. The molecule has 0 aliphatic heterocycles. The van der Waals surface area contributed by atoms with Crippen LogP contribution < -0.4 is 5.32 Å². The van der Waals surface area contributed by atoms with E-state index in [0.29, 0.717) is 5.56 Å². The Kier molecular flexibility index (Phi) is 4.31. The number of ether oxygens (including phenoxy) is 1. The van der Waals surface area contributed by atoms with Crippen LogP contribution in [-0.2, 0) is 10.9 Å². The van der Waals surface area contributed by atoms with Crippen molar-refractivity contribution in [3.63, 3.8) is 0 Å².